The zero-order valence-electron chi connectivity index (χ0n) is 19.5. The molecule has 1 unspecified atom stereocenters. The van der Waals surface area contributed by atoms with E-state index in [-0.39, 0.29) is 30.1 Å². The highest BCUT2D eigenvalue weighted by Gasteiger charge is 2.30. The van der Waals surface area contributed by atoms with Crippen LogP contribution in [0.2, 0.25) is 0 Å². The molecular weight excluding hydrogens is 430 g/mol. The van der Waals surface area contributed by atoms with Gasteiger partial charge in [-0.15, -0.1) is 0 Å². The summed E-state index contributed by atoms with van der Waals surface area (Å²) < 4.78 is 5.49. The number of aliphatic carboxylic acids is 1. The van der Waals surface area contributed by atoms with E-state index in [2.05, 4.69) is 5.32 Å². The molecular formula is C28H29NO5. The molecule has 3 N–H and O–H groups in total. The number of nitrogens with one attached hydrogen (secondary N) is 1. The summed E-state index contributed by atoms with van der Waals surface area (Å²) >= 11 is 0. The maximum Gasteiger partial charge on any atom is 0.407 e. The third-order valence-electron chi connectivity index (χ3n) is 6.29. The predicted molar refractivity (Wildman–Crippen MR) is 130 cm³/mol. The molecule has 1 atom stereocenters. The zero-order valence-corrected chi connectivity index (χ0v) is 19.5. The molecule has 3 aromatic carbocycles. The van der Waals surface area contributed by atoms with Crippen molar-refractivity contribution in [2.75, 3.05) is 6.61 Å². The minimum Gasteiger partial charge on any atom is -0.507 e. The molecule has 0 fully saturated rings. The highest BCUT2D eigenvalue weighted by Crippen LogP contribution is 2.44. The Bertz CT molecular complexity index is 1180. The number of hydrogen-bond donors (Lipinski definition) is 3. The Morgan fingerprint density at radius 1 is 0.941 bits per heavy atom. The van der Waals surface area contributed by atoms with Crippen molar-refractivity contribution in [3.63, 3.8) is 0 Å². The standard InChI is InChI=1S/C28H29NO5/c1-28(2,3)23-14-8-9-17(25(23)30)15-24(26(31)32)29-27(33)34-16-22-20-12-6-4-10-18(20)19-11-5-7-13-21(19)22/h4-14,22,24,30H,15-16H2,1-3H3,(H,29,33)(H,31,32). The van der Waals surface area contributed by atoms with Crippen LogP contribution in [0.1, 0.15) is 48.9 Å². The first-order valence-electron chi connectivity index (χ1n) is 11.3. The first-order valence-corrected chi connectivity index (χ1v) is 11.3. The quantitative estimate of drug-likeness (QED) is 0.469. The molecule has 1 aliphatic rings. The summed E-state index contributed by atoms with van der Waals surface area (Å²) in [4.78, 5) is 24.4. The highest BCUT2D eigenvalue weighted by molar-refractivity contribution is 5.81. The number of carbonyl (C=O) groups is 2. The molecule has 0 radical (unpaired) electrons. The molecule has 3 aromatic rings. The van der Waals surface area contributed by atoms with Crippen molar-refractivity contribution in [2.24, 2.45) is 0 Å². The smallest absolute Gasteiger partial charge is 0.407 e. The van der Waals surface area contributed by atoms with Crippen LogP contribution in [0.15, 0.2) is 66.7 Å². The van der Waals surface area contributed by atoms with Crippen molar-refractivity contribution in [2.45, 2.75) is 44.6 Å². The van der Waals surface area contributed by atoms with E-state index in [4.69, 9.17) is 4.74 Å². The minimum atomic E-state index is -1.24. The number of ether oxygens (including phenoxy) is 1. The largest absolute Gasteiger partial charge is 0.507 e. The average Bonchev–Trinajstić information content (AvgIpc) is 3.11. The van der Waals surface area contributed by atoms with Gasteiger partial charge in [0.25, 0.3) is 0 Å². The molecule has 34 heavy (non-hydrogen) atoms. The third kappa shape index (κ3) is 4.62. The van der Waals surface area contributed by atoms with Crippen LogP contribution in [0, 0.1) is 0 Å². The molecule has 0 aromatic heterocycles. The van der Waals surface area contributed by atoms with Gasteiger partial charge in [0.05, 0.1) is 0 Å². The number of hydrogen-bond acceptors (Lipinski definition) is 4. The number of benzene rings is 3. The van der Waals surface area contributed by atoms with E-state index in [0.29, 0.717) is 5.56 Å². The van der Waals surface area contributed by atoms with Crippen LogP contribution in [0.5, 0.6) is 5.75 Å². The number of phenolic OH excluding ortho intramolecular Hbond substituents is 1. The molecule has 1 amide bonds. The highest BCUT2D eigenvalue weighted by atomic mass is 16.5. The summed E-state index contributed by atoms with van der Waals surface area (Å²) in [5.41, 5.74) is 5.26. The number of rotatable bonds is 6. The topological polar surface area (TPSA) is 95.9 Å². The number of para-hydroxylation sites is 1. The Balaban J connectivity index is 1.46. The summed E-state index contributed by atoms with van der Waals surface area (Å²) in [6.45, 7) is 6.00. The number of carboxylic acid groups (broad SMARTS) is 1. The van der Waals surface area contributed by atoms with Crippen LogP contribution >= 0.6 is 0 Å². The molecule has 0 saturated carbocycles. The van der Waals surface area contributed by atoms with Crippen molar-refractivity contribution in [1.82, 2.24) is 5.32 Å². The normalized spacial score (nSPS) is 13.6. The van der Waals surface area contributed by atoms with Crippen molar-refractivity contribution in [3.05, 3.63) is 89.0 Å². The molecule has 6 heteroatoms. The summed E-state index contributed by atoms with van der Waals surface area (Å²) in [6, 6.07) is 20.0. The maximum atomic E-state index is 12.6. The van der Waals surface area contributed by atoms with Crippen molar-refractivity contribution in [1.29, 1.82) is 0 Å². The lowest BCUT2D eigenvalue weighted by atomic mass is 9.84. The lowest BCUT2D eigenvalue weighted by Gasteiger charge is -2.23. The van der Waals surface area contributed by atoms with Crippen molar-refractivity contribution in [3.8, 4) is 16.9 Å². The van der Waals surface area contributed by atoms with Gasteiger partial charge in [0.2, 0.25) is 0 Å². The van der Waals surface area contributed by atoms with Gasteiger partial charge < -0.3 is 20.3 Å². The van der Waals surface area contributed by atoms with Gasteiger partial charge in [-0.05, 0) is 38.8 Å². The van der Waals surface area contributed by atoms with Gasteiger partial charge in [0.1, 0.15) is 18.4 Å². The number of carbonyl (C=O) groups excluding carboxylic acids is 1. The van der Waals surface area contributed by atoms with Gasteiger partial charge in [0.15, 0.2) is 0 Å². The fraction of sp³-hybridized carbons (Fsp3) is 0.286. The van der Waals surface area contributed by atoms with E-state index in [1.807, 2.05) is 75.4 Å². The Kier molecular flexibility index (Phi) is 6.33. The van der Waals surface area contributed by atoms with E-state index >= 15 is 0 Å². The van der Waals surface area contributed by atoms with Gasteiger partial charge in [-0.25, -0.2) is 9.59 Å². The van der Waals surface area contributed by atoms with E-state index in [0.717, 1.165) is 27.8 Å². The van der Waals surface area contributed by atoms with Crippen molar-refractivity contribution < 1.29 is 24.5 Å². The molecule has 0 bridgehead atoms. The first kappa shape index (κ1) is 23.4. The van der Waals surface area contributed by atoms with E-state index in [1.165, 1.54) is 0 Å². The zero-order chi connectivity index (χ0) is 24.5. The SMILES string of the molecule is CC(C)(C)c1cccc(CC(NC(=O)OCC2c3ccccc3-c3ccccc32)C(=O)O)c1O. The molecule has 6 nitrogen and oxygen atoms in total. The van der Waals surface area contributed by atoms with Crippen LogP contribution in [0.25, 0.3) is 11.1 Å². The third-order valence-corrected chi connectivity index (χ3v) is 6.29. The van der Waals surface area contributed by atoms with Crippen LogP contribution < -0.4 is 5.32 Å². The van der Waals surface area contributed by atoms with Crippen LogP contribution in [-0.4, -0.2) is 34.9 Å². The Labute approximate surface area is 199 Å². The van der Waals surface area contributed by atoms with Gasteiger partial charge in [-0.3, -0.25) is 0 Å². The maximum absolute atomic E-state index is 12.6. The number of alkyl carbamates (subject to hydrolysis) is 1. The molecule has 1 aliphatic carbocycles. The fourth-order valence-corrected chi connectivity index (χ4v) is 4.56. The van der Waals surface area contributed by atoms with Crippen LogP contribution in [0.3, 0.4) is 0 Å². The second kappa shape index (κ2) is 9.21. The summed E-state index contributed by atoms with van der Waals surface area (Å²) in [5.74, 6) is -1.27. The monoisotopic (exact) mass is 459 g/mol. The first-order chi connectivity index (χ1) is 16.2. The average molecular weight is 460 g/mol. The molecule has 4 rings (SSSR count). The van der Waals surface area contributed by atoms with E-state index < -0.39 is 18.1 Å². The number of carboxylic acids is 1. The second-order valence-corrected chi connectivity index (χ2v) is 9.63. The van der Waals surface area contributed by atoms with Crippen molar-refractivity contribution >= 4 is 12.1 Å². The summed E-state index contributed by atoms with van der Waals surface area (Å²) in [6.07, 6.45) is -0.865. The van der Waals surface area contributed by atoms with Crippen LogP contribution in [0.4, 0.5) is 4.79 Å². The summed E-state index contributed by atoms with van der Waals surface area (Å²) in [5, 5.41) is 22.8. The molecule has 0 aliphatic heterocycles. The number of fused-ring (bicyclic) bond motifs is 3. The molecule has 0 saturated heterocycles. The number of phenols is 1. The lowest BCUT2D eigenvalue weighted by molar-refractivity contribution is -0.139. The lowest BCUT2D eigenvalue weighted by Crippen LogP contribution is -2.43. The minimum absolute atomic E-state index is 0.0515. The van der Waals surface area contributed by atoms with Gasteiger partial charge in [0, 0.05) is 12.3 Å². The van der Waals surface area contributed by atoms with Gasteiger partial charge in [-0.1, -0.05) is 87.5 Å². The molecule has 0 heterocycles. The Morgan fingerprint density at radius 2 is 1.53 bits per heavy atom. The second-order valence-electron chi connectivity index (χ2n) is 9.63. The number of aromatic hydroxyl groups is 1. The van der Waals surface area contributed by atoms with E-state index in [9.17, 15) is 19.8 Å². The van der Waals surface area contributed by atoms with Gasteiger partial charge >= 0.3 is 12.1 Å². The Hall–Kier alpha value is -3.80. The molecule has 0 spiro atoms. The Morgan fingerprint density at radius 3 is 2.09 bits per heavy atom. The van der Waals surface area contributed by atoms with E-state index in [1.54, 1.807) is 12.1 Å². The van der Waals surface area contributed by atoms with Crippen LogP contribution in [-0.2, 0) is 21.4 Å². The summed E-state index contributed by atoms with van der Waals surface area (Å²) in [7, 11) is 0. The fourth-order valence-electron chi connectivity index (χ4n) is 4.56. The predicted octanol–water partition coefficient (Wildman–Crippen LogP) is 5.22. The molecule has 176 valence electrons. The number of amides is 1. The van der Waals surface area contributed by atoms with Gasteiger partial charge in [-0.2, -0.15) is 0 Å².